The largest absolute Gasteiger partial charge is 0.509 e. The van der Waals surface area contributed by atoms with E-state index >= 15 is 0 Å². The Hall–Kier alpha value is -6.42. The van der Waals surface area contributed by atoms with Gasteiger partial charge in [0.1, 0.15) is 5.82 Å². The van der Waals surface area contributed by atoms with Gasteiger partial charge in [0.2, 0.25) is 0 Å². The molecule has 0 N–H and O–H groups in total. The molecular weight excluding hydrogens is 1060 g/mol. The van der Waals surface area contributed by atoms with E-state index in [0.717, 1.165) is 55.9 Å². The molecule has 0 saturated heterocycles. The molecule has 6 heteroatoms. The fourth-order valence-corrected chi connectivity index (χ4v) is 9.98. The molecule has 10 rings (SSSR count). The van der Waals surface area contributed by atoms with Crippen molar-refractivity contribution in [3.63, 3.8) is 0 Å². The SMILES string of the molecule is CC(C)(C)c1cc(N2[CH-]N(c3[c-]c(Oc4[c-]c5c(cc4)c4ccccc4n5-c4cc(C(C)(C)c5ccccc5)ccn4)cc(C(C)(C)c4ccccc4)c3)c3cc(C(C)(C)C)ccc32)cc(C(C)(C)C)c1.[Pt]. The molecule has 0 fully saturated rings. The van der Waals surface area contributed by atoms with Crippen molar-refractivity contribution in [2.24, 2.45) is 0 Å². The summed E-state index contributed by atoms with van der Waals surface area (Å²) in [5.74, 6) is 2.03. The zero-order valence-corrected chi connectivity index (χ0v) is 46.5. The van der Waals surface area contributed by atoms with Gasteiger partial charge in [-0.05, 0) is 103 Å². The molecule has 0 atom stereocenters. The number of nitrogens with zero attached hydrogens (tertiary/aromatic N) is 4. The van der Waals surface area contributed by atoms with E-state index in [1.807, 2.05) is 12.3 Å². The van der Waals surface area contributed by atoms with Gasteiger partial charge in [0.25, 0.3) is 0 Å². The molecule has 0 radical (unpaired) electrons. The van der Waals surface area contributed by atoms with Crippen LogP contribution in [0.15, 0.2) is 164 Å². The van der Waals surface area contributed by atoms with E-state index in [-0.39, 0.29) is 48.1 Å². The molecule has 1 aliphatic rings. The van der Waals surface area contributed by atoms with Gasteiger partial charge in [-0.25, -0.2) is 4.98 Å². The molecule has 370 valence electrons. The number of ether oxygens (including phenoxy) is 1. The first-order valence-corrected chi connectivity index (χ1v) is 25.1. The van der Waals surface area contributed by atoms with Crippen LogP contribution in [-0.2, 0) is 48.1 Å². The summed E-state index contributed by atoms with van der Waals surface area (Å²) in [6.07, 6.45) is 1.93. The normalized spacial score (nSPS) is 13.4. The maximum atomic E-state index is 7.07. The van der Waals surface area contributed by atoms with E-state index < -0.39 is 0 Å². The van der Waals surface area contributed by atoms with Crippen LogP contribution in [0.1, 0.15) is 129 Å². The first-order chi connectivity index (χ1) is 33.6. The molecule has 0 aliphatic carbocycles. The number of benzene rings is 7. The van der Waals surface area contributed by atoms with E-state index in [4.69, 9.17) is 9.72 Å². The van der Waals surface area contributed by atoms with Crippen molar-refractivity contribution in [3.05, 3.63) is 222 Å². The smallest absolute Gasteiger partial charge is 0.135 e. The van der Waals surface area contributed by atoms with Crippen LogP contribution in [0.25, 0.3) is 27.6 Å². The Morgan fingerprint density at radius 3 is 1.67 bits per heavy atom. The predicted octanol–water partition coefficient (Wildman–Crippen LogP) is 17.5. The topological polar surface area (TPSA) is 33.5 Å². The van der Waals surface area contributed by atoms with Crippen molar-refractivity contribution in [2.75, 3.05) is 9.80 Å². The Labute approximate surface area is 443 Å². The maximum Gasteiger partial charge on any atom is 0.135 e. The van der Waals surface area contributed by atoms with Crippen LogP contribution in [0.2, 0.25) is 0 Å². The van der Waals surface area contributed by atoms with Crippen molar-refractivity contribution in [1.82, 2.24) is 9.55 Å². The van der Waals surface area contributed by atoms with Gasteiger partial charge >= 0.3 is 0 Å². The fourth-order valence-electron chi connectivity index (χ4n) is 9.98. The maximum absolute atomic E-state index is 7.07. The van der Waals surface area contributed by atoms with Gasteiger partial charge in [-0.1, -0.05) is 187 Å². The summed E-state index contributed by atoms with van der Waals surface area (Å²) in [5, 5.41) is 2.21. The van der Waals surface area contributed by atoms with Crippen LogP contribution >= 0.6 is 0 Å². The number of anilines is 4. The molecule has 2 aromatic heterocycles. The zero-order valence-electron chi connectivity index (χ0n) is 44.2. The number of para-hydroxylation sites is 1. The third kappa shape index (κ3) is 9.42. The molecule has 0 unspecified atom stereocenters. The first kappa shape index (κ1) is 50.5. The van der Waals surface area contributed by atoms with Gasteiger partial charge in [-0.15, -0.1) is 53.6 Å². The van der Waals surface area contributed by atoms with Crippen LogP contribution < -0.4 is 14.5 Å². The van der Waals surface area contributed by atoms with Crippen molar-refractivity contribution in [3.8, 4) is 17.3 Å². The third-order valence-corrected chi connectivity index (χ3v) is 14.8. The molecule has 72 heavy (non-hydrogen) atoms. The number of hydrogen-bond acceptors (Lipinski definition) is 4. The Bertz CT molecular complexity index is 3410. The van der Waals surface area contributed by atoms with E-state index in [2.05, 4.69) is 275 Å². The molecule has 0 amide bonds. The van der Waals surface area contributed by atoms with Gasteiger partial charge in [0.15, 0.2) is 0 Å². The first-order valence-electron chi connectivity index (χ1n) is 25.1. The molecule has 0 saturated carbocycles. The fraction of sp³-hybridized carbons (Fsp3) is 0.273. The Morgan fingerprint density at radius 1 is 0.444 bits per heavy atom. The molecule has 7 aromatic carbocycles. The van der Waals surface area contributed by atoms with Gasteiger partial charge in [-0.2, -0.15) is 6.07 Å². The predicted molar refractivity (Wildman–Crippen MR) is 297 cm³/mol. The molecule has 3 heterocycles. The molecule has 1 aliphatic heterocycles. The minimum Gasteiger partial charge on any atom is -0.509 e. The van der Waals surface area contributed by atoms with Crippen LogP contribution in [-0.4, -0.2) is 9.55 Å². The number of hydrogen-bond donors (Lipinski definition) is 0. The summed E-state index contributed by atoms with van der Waals surface area (Å²) in [6, 6.07) is 64.6. The van der Waals surface area contributed by atoms with Crippen LogP contribution in [0, 0.1) is 18.8 Å². The number of rotatable bonds is 9. The van der Waals surface area contributed by atoms with Crippen LogP contribution in [0.5, 0.6) is 11.5 Å². The summed E-state index contributed by atoms with van der Waals surface area (Å²) >= 11 is 0. The second-order valence-corrected chi connectivity index (χ2v) is 23.6. The minimum atomic E-state index is -0.383. The number of fused-ring (bicyclic) bond motifs is 4. The average molecular weight is 1130 g/mol. The summed E-state index contributed by atoms with van der Waals surface area (Å²) in [4.78, 5) is 9.68. The average Bonchev–Trinajstić information content (AvgIpc) is 3.89. The molecular formula is C66H67N4OPt-3. The van der Waals surface area contributed by atoms with E-state index in [9.17, 15) is 0 Å². The van der Waals surface area contributed by atoms with Crippen LogP contribution in [0.3, 0.4) is 0 Å². The van der Waals surface area contributed by atoms with E-state index in [1.54, 1.807) is 0 Å². The second-order valence-electron chi connectivity index (χ2n) is 23.6. The van der Waals surface area contributed by atoms with Crippen LogP contribution in [0.4, 0.5) is 22.7 Å². The molecule has 0 bridgehead atoms. The number of pyridine rings is 1. The van der Waals surface area contributed by atoms with E-state index in [0.29, 0.717) is 11.5 Å². The van der Waals surface area contributed by atoms with Gasteiger partial charge in [-0.3, -0.25) is 0 Å². The third-order valence-electron chi connectivity index (χ3n) is 14.8. The van der Waals surface area contributed by atoms with Gasteiger partial charge in [0, 0.05) is 66.8 Å². The molecule has 0 spiro atoms. The van der Waals surface area contributed by atoms with E-state index in [1.165, 1.54) is 33.4 Å². The van der Waals surface area contributed by atoms with Crippen molar-refractivity contribution < 1.29 is 25.8 Å². The summed E-state index contributed by atoms with van der Waals surface area (Å²) < 4.78 is 9.29. The van der Waals surface area contributed by atoms with Crippen molar-refractivity contribution >= 4 is 44.6 Å². The van der Waals surface area contributed by atoms with Crippen molar-refractivity contribution in [2.45, 2.75) is 117 Å². The Morgan fingerprint density at radius 2 is 1.04 bits per heavy atom. The molecule has 9 aromatic rings. The molecule has 5 nitrogen and oxygen atoms in total. The Balaban J connectivity index is 0.00000640. The van der Waals surface area contributed by atoms with Gasteiger partial charge < -0.3 is 19.1 Å². The number of aromatic nitrogens is 2. The van der Waals surface area contributed by atoms with Crippen molar-refractivity contribution in [1.29, 1.82) is 0 Å². The standard InChI is InChI=1S/C66H67N4O.Pt/c1-62(2,3)46-28-31-58-60(39-46)69(43-68(58)51-35-48(63(4,5)6)34-49(36-51)64(7,8)9)52-37-50(66(12,13)45-24-18-15-19-25-45)38-54(41-52)71-53-29-30-56-55-26-20-21-27-57(55)70(59(56)42-53)61-40-47(32-33-67-61)65(10,11)44-22-16-14-17-23-44;/h14-40,43H,1-13H3;/q-3;. The summed E-state index contributed by atoms with van der Waals surface area (Å²) in [6.45, 7) is 32.0. The Kier molecular flexibility index (Phi) is 13.0. The zero-order chi connectivity index (χ0) is 50.3. The minimum absolute atomic E-state index is 0. The second kappa shape index (κ2) is 18.6. The quantitative estimate of drug-likeness (QED) is 0.135. The monoisotopic (exact) mass is 1130 g/mol. The summed E-state index contributed by atoms with van der Waals surface area (Å²) in [5.41, 5.74) is 14.0. The van der Waals surface area contributed by atoms with Gasteiger partial charge in [0.05, 0.1) is 0 Å². The summed E-state index contributed by atoms with van der Waals surface area (Å²) in [7, 11) is 0.